The number of carbonyl (C=O) groups excluding carboxylic acids is 1. The molecule has 29 heavy (non-hydrogen) atoms. The molecule has 0 fully saturated rings. The number of benzene rings is 1. The van der Waals surface area contributed by atoms with Crippen molar-refractivity contribution in [3.05, 3.63) is 53.9 Å². The number of aromatic nitrogens is 3. The number of hydrogen-bond acceptors (Lipinski definition) is 7. The molecule has 0 saturated carbocycles. The number of amides is 1. The fourth-order valence-corrected chi connectivity index (χ4v) is 2.13. The summed E-state index contributed by atoms with van der Waals surface area (Å²) < 4.78 is 51.6. The normalized spacial score (nSPS) is 11.7. The van der Waals surface area contributed by atoms with Crippen LogP contribution >= 0.6 is 0 Å². The van der Waals surface area contributed by atoms with Crippen LogP contribution in [0.1, 0.15) is 17.9 Å². The summed E-state index contributed by atoms with van der Waals surface area (Å²) in [6.07, 6.45) is -1.13. The Morgan fingerprint density at radius 3 is 2.69 bits per heavy atom. The van der Waals surface area contributed by atoms with Gasteiger partial charge in [0.15, 0.2) is 0 Å². The van der Waals surface area contributed by atoms with Crippen LogP contribution in [0, 0.1) is 0 Å². The maximum absolute atomic E-state index is 12.5. The molecule has 0 aliphatic heterocycles. The topological polar surface area (TPSA) is 103 Å². The highest BCUT2D eigenvalue weighted by Crippen LogP contribution is 2.30. The second kappa shape index (κ2) is 9.04. The van der Waals surface area contributed by atoms with Gasteiger partial charge in [-0.1, -0.05) is 35.5 Å². The quantitative estimate of drug-likeness (QED) is 0.450. The number of hydrogen-bond donors (Lipinski definition) is 1. The zero-order valence-corrected chi connectivity index (χ0v) is 14.8. The fourth-order valence-electron chi connectivity index (χ4n) is 2.13. The molecule has 11 heteroatoms. The van der Waals surface area contributed by atoms with Gasteiger partial charge in [0.1, 0.15) is 0 Å². The van der Waals surface area contributed by atoms with E-state index >= 15 is 0 Å². The van der Waals surface area contributed by atoms with Gasteiger partial charge in [0, 0.05) is 12.6 Å². The molecule has 1 amide bonds. The molecule has 0 saturated heterocycles. The molecular formula is C18H15F3N4O4. The van der Waals surface area contributed by atoms with E-state index in [0.29, 0.717) is 13.0 Å². The number of nitrogens with zero attached hydrogens (tertiary/aromatic N) is 3. The minimum absolute atomic E-state index is 0.0497. The molecule has 0 radical (unpaired) electrons. The third kappa shape index (κ3) is 5.92. The van der Waals surface area contributed by atoms with Gasteiger partial charge in [-0.05, 0) is 23.2 Å². The van der Waals surface area contributed by atoms with Gasteiger partial charge in [-0.25, -0.2) is 0 Å². The van der Waals surface area contributed by atoms with E-state index in [1.54, 1.807) is 6.08 Å². The van der Waals surface area contributed by atoms with Crippen molar-refractivity contribution in [2.45, 2.75) is 12.6 Å². The molecule has 0 aliphatic rings. The molecule has 1 N–H and O–H groups in total. The standard InChI is InChI=1S/C18H15F3N4O4/c19-18(20,21)17-23-16(25-29-17)13-11-15(24-28-13)27-10-4-9-22-14(26)8-7-12-5-2-1-3-6-12/h1-3,5-8,11H,4,9-10H2,(H,22,26)/b8-7+. The minimum atomic E-state index is -4.74. The summed E-state index contributed by atoms with van der Waals surface area (Å²) in [7, 11) is 0. The predicted octanol–water partition coefficient (Wildman–Crippen LogP) is 3.34. The van der Waals surface area contributed by atoms with Crippen molar-refractivity contribution >= 4 is 12.0 Å². The number of rotatable bonds is 8. The monoisotopic (exact) mass is 408 g/mol. The summed E-state index contributed by atoms with van der Waals surface area (Å²) in [6.45, 7) is 0.567. The molecule has 2 aromatic heterocycles. The lowest BCUT2D eigenvalue weighted by atomic mass is 10.2. The molecule has 3 aromatic rings. The maximum atomic E-state index is 12.5. The first-order valence-electron chi connectivity index (χ1n) is 8.43. The molecule has 0 bridgehead atoms. The maximum Gasteiger partial charge on any atom is 0.471 e. The molecule has 1 aromatic carbocycles. The smallest absolute Gasteiger partial charge is 0.471 e. The average molecular weight is 408 g/mol. The first-order chi connectivity index (χ1) is 13.9. The van der Waals surface area contributed by atoms with Crippen molar-refractivity contribution in [2.75, 3.05) is 13.2 Å². The molecular weight excluding hydrogens is 393 g/mol. The predicted molar refractivity (Wildman–Crippen MR) is 93.4 cm³/mol. The number of alkyl halides is 3. The van der Waals surface area contributed by atoms with Gasteiger partial charge in [-0.15, -0.1) is 0 Å². The number of ether oxygens (including phenoxy) is 1. The van der Waals surface area contributed by atoms with E-state index in [2.05, 4.69) is 25.1 Å². The first-order valence-corrected chi connectivity index (χ1v) is 8.43. The minimum Gasteiger partial charge on any atom is -0.475 e. The number of halogens is 3. The van der Waals surface area contributed by atoms with Gasteiger partial charge in [0.25, 0.3) is 5.88 Å². The highest BCUT2D eigenvalue weighted by molar-refractivity contribution is 5.91. The summed E-state index contributed by atoms with van der Waals surface area (Å²) in [5.41, 5.74) is 0.914. The Kier molecular flexibility index (Phi) is 6.27. The van der Waals surface area contributed by atoms with Crippen LogP contribution in [-0.2, 0) is 11.0 Å². The third-order valence-electron chi connectivity index (χ3n) is 3.47. The second-order valence-corrected chi connectivity index (χ2v) is 5.69. The highest BCUT2D eigenvalue weighted by atomic mass is 19.4. The summed E-state index contributed by atoms with van der Waals surface area (Å²) in [4.78, 5) is 14.9. The summed E-state index contributed by atoms with van der Waals surface area (Å²) in [5, 5.41) is 9.45. The molecule has 0 aliphatic carbocycles. The van der Waals surface area contributed by atoms with Crippen molar-refractivity contribution in [3.8, 4) is 17.5 Å². The van der Waals surface area contributed by atoms with Crippen LogP contribution in [0.5, 0.6) is 5.88 Å². The average Bonchev–Trinajstić information content (AvgIpc) is 3.36. The Morgan fingerprint density at radius 2 is 1.97 bits per heavy atom. The summed E-state index contributed by atoms with van der Waals surface area (Å²) >= 11 is 0. The van der Waals surface area contributed by atoms with E-state index in [1.165, 1.54) is 12.1 Å². The fraction of sp³-hybridized carbons (Fsp3) is 0.222. The van der Waals surface area contributed by atoms with Crippen LogP contribution in [0.3, 0.4) is 0 Å². The lowest BCUT2D eigenvalue weighted by molar-refractivity contribution is -0.159. The lowest BCUT2D eigenvalue weighted by Gasteiger charge is -2.03. The lowest BCUT2D eigenvalue weighted by Crippen LogP contribution is -2.23. The van der Waals surface area contributed by atoms with E-state index in [1.807, 2.05) is 30.3 Å². The molecule has 0 spiro atoms. The summed E-state index contributed by atoms with van der Waals surface area (Å²) in [5.74, 6) is -2.19. The summed E-state index contributed by atoms with van der Waals surface area (Å²) in [6, 6.07) is 10.6. The molecule has 2 heterocycles. The van der Waals surface area contributed by atoms with Crippen molar-refractivity contribution < 1.29 is 31.7 Å². The molecule has 152 valence electrons. The second-order valence-electron chi connectivity index (χ2n) is 5.69. The van der Waals surface area contributed by atoms with E-state index < -0.39 is 17.9 Å². The first kappa shape index (κ1) is 20.1. The van der Waals surface area contributed by atoms with Crippen molar-refractivity contribution in [1.82, 2.24) is 20.6 Å². The Bertz CT molecular complexity index is 967. The molecule has 8 nitrogen and oxygen atoms in total. The van der Waals surface area contributed by atoms with Crippen molar-refractivity contribution in [1.29, 1.82) is 0 Å². The SMILES string of the molecule is O=C(/C=C/c1ccccc1)NCCCOc1cc(-c2noc(C(F)(F)F)n2)on1. The Balaban J connectivity index is 1.39. The zero-order valence-electron chi connectivity index (χ0n) is 14.8. The number of nitrogens with one attached hydrogen (secondary N) is 1. The van der Waals surface area contributed by atoms with Crippen LogP contribution in [-0.4, -0.2) is 34.4 Å². The molecule has 0 unspecified atom stereocenters. The van der Waals surface area contributed by atoms with Gasteiger partial charge in [0.2, 0.25) is 17.5 Å². The third-order valence-corrected chi connectivity index (χ3v) is 3.47. The Hall–Kier alpha value is -3.63. The van der Waals surface area contributed by atoms with Crippen molar-refractivity contribution in [3.63, 3.8) is 0 Å². The van der Waals surface area contributed by atoms with Gasteiger partial charge >= 0.3 is 12.1 Å². The van der Waals surface area contributed by atoms with Crippen LogP contribution in [0.4, 0.5) is 13.2 Å². The van der Waals surface area contributed by atoms with E-state index in [9.17, 15) is 18.0 Å². The zero-order chi connectivity index (χ0) is 20.7. The Labute approximate surface area is 162 Å². The van der Waals surface area contributed by atoms with E-state index in [0.717, 1.165) is 5.56 Å². The molecule has 0 atom stereocenters. The van der Waals surface area contributed by atoms with Crippen LogP contribution in [0.15, 0.2) is 51.5 Å². The van der Waals surface area contributed by atoms with Crippen LogP contribution in [0.25, 0.3) is 17.7 Å². The van der Waals surface area contributed by atoms with Gasteiger partial charge in [-0.2, -0.15) is 18.2 Å². The number of carbonyl (C=O) groups is 1. The van der Waals surface area contributed by atoms with Crippen molar-refractivity contribution in [2.24, 2.45) is 0 Å². The molecule has 3 rings (SSSR count). The Morgan fingerprint density at radius 1 is 1.17 bits per heavy atom. The van der Waals surface area contributed by atoms with Crippen LogP contribution in [0.2, 0.25) is 0 Å². The van der Waals surface area contributed by atoms with E-state index in [4.69, 9.17) is 9.26 Å². The van der Waals surface area contributed by atoms with Gasteiger partial charge < -0.3 is 19.1 Å². The highest BCUT2D eigenvalue weighted by Gasteiger charge is 2.39. The van der Waals surface area contributed by atoms with Crippen LogP contribution < -0.4 is 10.1 Å². The van der Waals surface area contributed by atoms with Gasteiger partial charge in [-0.3, -0.25) is 4.79 Å². The van der Waals surface area contributed by atoms with E-state index in [-0.39, 0.29) is 24.2 Å². The largest absolute Gasteiger partial charge is 0.475 e. The van der Waals surface area contributed by atoms with Gasteiger partial charge in [0.05, 0.1) is 12.7 Å².